The highest BCUT2D eigenvalue weighted by Gasteiger charge is 2.05. The summed E-state index contributed by atoms with van der Waals surface area (Å²) in [6.07, 6.45) is 0. The smallest absolute Gasteiger partial charge is 0.288 e. The molecule has 1 heterocycles. The van der Waals surface area contributed by atoms with Crippen molar-refractivity contribution >= 4 is 22.9 Å². The van der Waals surface area contributed by atoms with Crippen LogP contribution in [0.3, 0.4) is 0 Å². The van der Waals surface area contributed by atoms with Crippen LogP contribution in [-0.4, -0.2) is 5.84 Å². The van der Waals surface area contributed by atoms with Crippen molar-refractivity contribution in [2.45, 2.75) is 6.54 Å². The first-order chi connectivity index (χ1) is 7.79. The largest absolute Gasteiger partial charge is 1.00 e. The molecule has 1 aromatic heterocycles. The van der Waals surface area contributed by atoms with Gasteiger partial charge in [-0.05, 0) is 23.6 Å². The van der Waals surface area contributed by atoms with Gasteiger partial charge in [-0.15, -0.1) is 11.3 Å². The van der Waals surface area contributed by atoms with E-state index >= 15 is 0 Å². The lowest BCUT2D eigenvalue weighted by Gasteiger charge is -1.96. The molecular formula is C12H15Br2N3S. The second-order valence-corrected chi connectivity index (χ2v) is 4.41. The molecule has 2 aromatic rings. The van der Waals surface area contributed by atoms with Crippen LogP contribution in [0.25, 0.3) is 0 Å². The van der Waals surface area contributed by atoms with Crippen LogP contribution in [0.15, 0.2) is 41.8 Å². The third-order valence-electron chi connectivity index (χ3n) is 2.28. The first-order valence-electron chi connectivity index (χ1n) is 5.11. The number of hydrogen-bond acceptors (Lipinski definition) is 1. The molecule has 6 N–H and O–H groups in total. The number of benzene rings is 1. The molecule has 98 valence electrons. The molecule has 0 radical (unpaired) electrons. The number of nitrogens with two attached hydrogens (primary N) is 1. The van der Waals surface area contributed by atoms with Crippen molar-refractivity contribution in [2.24, 2.45) is 5.73 Å². The van der Waals surface area contributed by atoms with Crippen LogP contribution in [0.2, 0.25) is 0 Å². The van der Waals surface area contributed by atoms with E-state index in [2.05, 4.69) is 22.9 Å². The number of hydrogen-bond donors (Lipinski definition) is 3. The molecule has 0 aliphatic rings. The summed E-state index contributed by atoms with van der Waals surface area (Å²) in [4.78, 5) is 4.25. The number of nitrogens with one attached hydrogen (secondary N) is 1. The fraction of sp³-hybridized carbons (Fsp3) is 0.0833. The molecular weight excluding hydrogens is 378 g/mol. The van der Waals surface area contributed by atoms with Crippen molar-refractivity contribution in [1.29, 1.82) is 0 Å². The summed E-state index contributed by atoms with van der Waals surface area (Å²) < 4.78 is 0. The standard InChI is InChI=1S/C12H13N3S.2BrH/c13-8-9-3-1-4-10(7-9)15-12(14)11-5-2-6-16-11;;/h1-7H,8,13H2,(H2,14,15);2*1H. The normalized spacial score (nSPS) is 10.4. The minimum Gasteiger partial charge on any atom is -1.00 e. The van der Waals surface area contributed by atoms with E-state index in [9.17, 15) is 0 Å². The zero-order valence-electron chi connectivity index (χ0n) is 9.70. The lowest BCUT2D eigenvalue weighted by Crippen LogP contribution is -3.00. The maximum Gasteiger partial charge on any atom is 0.288 e. The van der Waals surface area contributed by atoms with Gasteiger partial charge in [-0.1, -0.05) is 18.2 Å². The van der Waals surface area contributed by atoms with Gasteiger partial charge in [-0.2, -0.15) is 0 Å². The lowest BCUT2D eigenvalue weighted by atomic mass is 10.2. The molecule has 0 unspecified atom stereocenters. The van der Waals surface area contributed by atoms with Crippen molar-refractivity contribution in [3.63, 3.8) is 0 Å². The predicted molar refractivity (Wildman–Crippen MR) is 66.3 cm³/mol. The van der Waals surface area contributed by atoms with E-state index in [1.807, 2.05) is 29.6 Å². The van der Waals surface area contributed by atoms with Crippen LogP contribution in [0.5, 0.6) is 0 Å². The van der Waals surface area contributed by atoms with E-state index in [0.717, 1.165) is 17.1 Å². The third-order valence-corrected chi connectivity index (χ3v) is 3.18. The molecule has 6 heteroatoms. The van der Waals surface area contributed by atoms with Crippen LogP contribution in [-0.2, 0) is 6.54 Å². The minimum absolute atomic E-state index is 0. The maximum absolute atomic E-state index is 5.96. The molecule has 3 nitrogen and oxygen atoms in total. The summed E-state index contributed by atoms with van der Waals surface area (Å²) in [6, 6.07) is 12.1. The Labute approximate surface area is 131 Å². The molecule has 0 saturated carbocycles. The molecule has 0 amide bonds. The predicted octanol–water partition coefficient (Wildman–Crippen LogP) is -6.38. The Morgan fingerprint density at radius 3 is 2.61 bits per heavy atom. The fourth-order valence-corrected chi connectivity index (χ4v) is 2.09. The molecule has 0 atom stereocenters. The molecule has 0 spiro atoms. The Hall–Kier alpha value is -0.690. The third kappa shape index (κ3) is 4.53. The van der Waals surface area contributed by atoms with E-state index in [1.165, 1.54) is 5.56 Å². The van der Waals surface area contributed by atoms with Crippen molar-refractivity contribution in [1.82, 2.24) is 0 Å². The second-order valence-electron chi connectivity index (χ2n) is 3.47. The molecule has 0 aliphatic heterocycles. The van der Waals surface area contributed by atoms with Gasteiger partial charge in [0.2, 0.25) is 0 Å². The summed E-state index contributed by atoms with van der Waals surface area (Å²) in [5, 5.41) is 2.01. The highest BCUT2D eigenvalue weighted by molar-refractivity contribution is 7.12. The van der Waals surface area contributed by atoms with Gasteiger partial charge in [0, 0.05) is 5.56 Å². The maximum atomic E-state index is 5.96. The molecule has 1 aromatic carbocycles. The summed E-state index contributed by atoms with van der Waals surface area (Å²) in [6.45, 7) is 0.786. The van der Waals surface area contributed by atoms with Gasteiger partial charge in [0.1, 0.15) is 10.6 Å². The molecule has 0 saturated heterocycles. The molecule has 0 bridgehead atoms. The van der Waals surface area contributed by atoms with E-state index in [0.29, 0.717) is 5.84 Å². The Balaban J connectivity index is 0.00000144. The van der Waals surface area contributed by atoms with Crippen LogP contribution < -0.4 is 50.4 Å². The van der Waals surface area contributed by atoms with E-state index in [4.69, 9.17) is 5.73 Å². The van der Waals surface area contributed by atoms with E-state index in [1.54, 1.807) is 11.3 Å². The summed E-state index contributed by atoms with van der Waals surface area (Å²) in [5.74, 6) is 0.691. The monoisotopic (exact) mass is 391 g/mol. The van der Waals surface area contributed by atoms with Gasteiger partial charge in [0.15, 0.2) is 0 Å². The van der Waals surface area contributed by atoms with Gasteiger partial charge in [-0.25, -0.2) is 4.99 Å². The van der Waals surface area contributed by atoms with Crippen LogP contribution >= 0.6 is 11.3 Å². The molecule has 0 aliphatic carbocycles. The Kier molecular flexibility index (Phi) is 8.10. The highest BCUT2D eigenvalue weighted by atomic mass is 79.9. The Bertz CT molecular complexity index is 498. The first-order valence-corrected chi connectivity index (χ1v) is 5.99. The zero-order chi connectivity index (χ0) is 11.4. The quantitative estimate of drug-likeness (QED) is 0.353. The SMILES string of the molecule is NC(=[NH+]c1cccc(C[NH3+])c1)c1cccs1.[Br-].[Br-]. The Morgan fingerprint density at radius 2 is 2.00 bits per heavy atom. The van der Waals surface area contributed by atoms with Crippen LogP contribution in [0.1, 0.15) is 10.4 Å². The van der Waals surface area contributed by atoms with Gasteiger partial charge in [0.05, 0.1) is 6.54 Å². The van der Waals surface area contributed by atoms with E-state index in [-0.39, 0.29) is 34.0 Å². The average molecular weight is 393 g/mol. The number of thiophene rings is 1. The van der Waals surface area contributed by atoms with Crippen LogP contribution in [0.4, 0.5) is 5.69 Å². The Morgan fingerprint density at radius 1 is 1.22 bits per heavy atom. The molecule has 0 fully saturated rings. The lowest BCUT2D eigenvalue weighted by molar-refractivity contribution is -0.387. The van der Waals surface area contributed by atoms with Gasteiger partial charge >= 0.3 is 0 Å². The average Bonchev–Trinajstić information content (AvgIpc) is 2.83. The summed E-state index contributed by atoms with van der Waals surface area (Å²) in [5.41, 5.74) is 12.0. The number of rotatable bonds is 3. The van der Waals surface area contributed by atoms with Gasteiger partial charge < -0.3 is 39.7 Å². The highest BCUT2D eigenvalue weighted by Crippen LogP contribution is 2.06. The minimum atomic E-state index is 0. The van der Waals surface area contributed by atoms with Crippen molar-refractivity contribution in [3.05, 3.63) is 52.2 Å². The second kappa shape index (κ2) is 8.42. The van der Waals surface area contributed by atoms with E-state index < -0.39 is 0 Å². The van der Waals surface area contributed by atoms with Gasteiger partial charge in [0.25, 0.3) is 5.84 Å². The molecule has 18 heavy (non-hydrogen) atoms. The van der Waals surface area contributed by atoms with Crippen molar-refractivity contribution in [3.8, 4) is 0 Å². The zero-order valence-corrected chi connectivity index (χ0v) is 13.7. The fourth-order valence-electron chi connectivity index (χ4n) is 1.45. The summed E-state index contributed by atoms with van der Waals surface area (Å²) in [7, 11) is 0. The number of amidine groups is 1. The number of nitrogen functional groups attached to an aromatic ring is 1. The first kappa shape index (κ1) is 17.3. The molecule has 2 rings (SSSR count). The van der Waals surface area contributed by atoms with Gasteiger partial charge in [-0.3, -0.25) is 5.73 Å². The number of halogens is 2. The van der Waals surface area contributed by atoms with Crippen molar-refractivity contribution < 1.29 is 44.7 Å². The number of quaternary nitrogens is 1. The van der Waals surface area contributed by atoms with Crippen molar-refractivity contribution in [2.75, 3.05) is 0 Å². The topological polar surface area (TPSA) is 67.6 Å². The van der Waals surface area contributed by atoms with Crippen LogP contribution in [0, 0.1) is 0 Å². The summed E-state index contributed by atoms with van der Waals surface area (Å²) >= 11 is 1.62.